The van der Waals surface area contributed by atoms with Crippen LogP contribution in [0.25, 0.3) is 0 Å². The Bertz CT molecular complexity index is 617. The fraction of sp³-hybridized carbons (Fsp3) is 0.294. The fourth-order valence-corrected chi connectivity index (χ4v) is 2.10. The van der Waals surface area contributed by atoms with Gasteiger partial charge in [0.15, 0.2) is 6.10 Å². The summed E-state index contributed by atoms with van der Waals surface area (Å²) in [5.41, 5.74) is 0.559. The number of ether oxygens (including phenoxy) is 1. The van der Waals surface area contributed by atoms with Crippen LogP contribution in [-0.2, 0) is 0 Å². The highest BCUT2D eigenvalue weighted by Gasteiger charge is 2.39. The molecule has 1 N–H and O–H groups in total. The molecule has 6 heteroatoms. The molecule has 0 heterocycles. The molecule has 2 rings (SSSR count). The number of para-hydroxylation sites is 1. The minimum Gasteiger partial charge on any atom is -0.457 e. The number of likely N-dealkylation sites (N-methyl/N-ethyl adjacent to an activating group) is 1. The second-order valence-corrected chi connectivity index (χ2v) is 5.01. The molecule has 0 aliphatic heterocycles. The van der Waals surface area contributed by atoms with Crippen LogP contribution in [0.2, 0.25) is 0 Å². The van der Waals surface area contributed by atoms with E-state index < -0.39 is 18.8 Å². The van der Waals surface area contributed by atoms with E-state index in [9.17, 15) is 18.3 Å². The summed E-state index contributed by atoms with van der Waals surface area (Å²) in [4.78, 5) is 1.45. The number of benzene rings is 2. The van der Waals surface area contributed by atoms with Gasteiger partial charge in [-0.05, 0) is 31.2 Å². The standard InChI is InChI=1S/C17H18F3NO2/c1-2-21(12-16(22)17(18,19)20)13-7-6-10-15(11-13)23-14-8-4-3-5-9-14/h3-11,16,22H,2,12H2,1H3. The highest BCUT2D eigenvalue weighted by molar-refractivity contribution is 5.51. The van der Waals surface area contributed by atoms with Crippen molar-refractivity contribution in [3.05, 3.63) is 54.6 Å². The first-order valence-electron chi connectivity index (χ1n) is 7.23. The maximum absolute atomic E-state index is 12.5. The highest BCUT2D eigenvalue weighted by atomic mass is 19.4. The molecule has 2 aromatic rings. The second-order valence-electron chi connectivity index (χ2n) is 5.01. The lowest BCUT2D eigenvalue weighted by molar-refractivity contribution is -0.200. The van der Waals surface area contributed by atoms with Gasteiger partial charge in [0.2, 0.25) is 0 Å². The largest absolute Gasteiger partial charge is 0.457 e. The first-order chi connectivity index (χ1) is 10.9. The van der Waals surface area contributed by atoms with E-state index in [1.807, 2.05) is 18.2 Å². The molecule has 23 heavy (non-hydrogen) atoms. The van der Waals surface area contributed by atoms with E-state index in [1.165, 1.54) is 4.90 Å². The van der Waals surface area contributed by atoms with Crippen molar-refractivity contribution in [2.45, 2.75) is 19.2 Å². The molecule has 0 saturated carbocycles. The molecular weight excluding hydrogens is 307 g/mol. The highest BCUT2D eigenvalue weighted by Crippen LogP contribution is 2.27. The van der Waals surface area contributed by atoms with Gasteiger partial charge in [-0.15, -0.1) is 0 Å². The SMILES string of the molecule is CCN(CC(O)C(F)(F)F)c1cccc(Oc2ccccc2)c1. The van der Waals surface area contributed by atoms with Crippen LogP contribution in [0.15, 0.2) is 54.6 Å². The van der Waals surface area contributed by atoms with Gasteiger partial charge in [-0.2, -0.15) is 13.2 Å². The summed E-state index contributed by atoms with van der Waals surface area (Å²) in [6.45, 7) is 1.55. The maximum atomic E-state index is 12.5. The number of aliphatic hydroxyl groups excluding tert-OH is 1. The lowest BCUT2D eigenvalue weighted by Gasteiger charge is -2.27. The zero-order valence-electron chi connectivity index (χ0n) is 12.6. The molecule has 1 unspecified atom stereocenters. The monoisotopic (exact) mass is 325 g/mol. The van der Waals surface area contributed by atoms with Gasteiger partial charge in [0.25, 0.3) is 0 Å². The molecule has 0 fully saturated rings. The number of hydrogen-bond acceptors (Lipinski definition) is 3. The Labute approximate surface area is 132 Å². The summed E-state index contributed by atoms with van der Waals surface area (Å²) >= 11 is 0. The molecule has 0 aliphatic rings. The number of anilines is 1. The Balaban J connectivity index is 2.13. The van der Waals surface area contributed by atoms with Crippen molar-refractivity contribution >= 4 is 5.69 Å². The van der Waals surface area contributed by atoms with Crippen LogP contribution in [0, 0.1) is 0 Å². The molecule has 0 amide bonds. The molecule has 0 aliphatic carbocycles. The van der Waals surface area contributed by atoms with Crippen molar-refractivity contribution in [3.8, 4) is 11.5 Å². The van der Waals surface area contributed by atoms with E-state index in [4.69, 9.17) is 4.74 Å². The van der Waals surface area contributed by atoms with Gasteiger partial charge in [0, 0.05) is 18.3 Å². The number of hydrogen-bond donors (Lipinski definition) is 1. The Morgan fingerprint density at radius 1 is 1.04 bits per heavy atom. The number of aliphatic hydroxyl groups is 1. The van der Waals surface area contributed by atoms with Crippen molar-refractivity contribution < 1.29 is 23.0 Å². The van der Waals surface area contributed by atoms with Crippen molar-refractivity contribution in [1.29, 1.82) is 0 Å². The first kappa shape index (κ1) is 17.1. The van der Waals surface area contributed by atoms with Crippen molar-refractivity contribution in [1.82, 2.24) is 0 Å². The third kappa shape index (κ3) is 4.89. The van der Waals surface area contributed by atoms with Crippen LogP contribution < -0.4 is 9.64 Å². The number of halogens is 3. The van der Waals surface area contributed by atoms with Gasteiger partial charge in [-0.3, -0.25) is 0 Å². The smallest absolute Gasteiger partial charge is 0.416 e. The van der Waals surface area contributed by atoms with Crippen LogP contribution in [0.1, 0.15) is 6.92 Å². The van der Waals surface area contributed by atoms with Crippen molar-refractivity contribution in [2.24, 2.45) is 0 Å². The van der Waals surface area contributed by atoms with Crippen LogP contribution >= 0.6 is 0 Å². The number of nitrogens with zero attached hydrogens (tertiary/aromatic N) is 1. The molecule has 124 valence electrons. The Hall–Kier alpha value is -2.21. The van der Waals surface area contributed by atoms with E-state index in [0.717, 1.165) is 0 Å². The molecule has 3 nitrogen and oxygen atoms in total. The molecule has 0 radical (unpaired) electrons. The molecule has 2 aromatic carbocycles. The van der Waals surface area contributed by atoms with Gasteiger partial charge in [-0.25, -0.2) is 0 Å². The van der Waals surface area contributed by atoms with Gasteiger partial charge in [0.05, 0.1) is 6.54 Å². The van der Waals surface area contributed by atoms with Crippen LogP contribution in [0.5, 0.6) is 11.5 Å². The third-order valence-electron chi connectivity index (χ3n) is 3.31. The predicted molar refractivity (Wildman–Crippen MR) is 82.9 cm³/mol. The molecule has 0 spiro atoms. The first-order valence-corrected chi connectivity index (χ1v) is 7.23. The summed E-state index contributed by atoms with van der Waals surface area (Å²) in [5, 5.41) is 9.26. The summed E-state index contributed by atoms with van der Waals surface area (Å²) in [6.07, 6.45) is -7.02. The summed E-state index contributed by atoms with van der Waals surface area (Å²) < 4.78 is 43.3. The van der Waals surface area contributed by atoms with Gasteiger partial charge in [-0.1, -0.05) is 24.3 Å². The van der Waals surface area contributed by atoms with E-state index in [0.29, 0.717) is 23.7 Å². The van der Waals surface area contributed by atoms with Crippen molar-refractivity contribution in [2.75, 3.05) is 18.0 Å². The Morgan fingerprint density at radius 2 is 1.70 bits per heavy atom. The number of alkyl halides is 3. The van der Waals surface area contributed by atoms with Crippen LogP contribution in [0.3, 0.4) is 0 Å². The third-order valence-corrected chi connectivity index (χ3v) is 3.31. The average molecular weight is 325 g/mol. The number of rotatable bonds is 6. The van der Waals surface area contributed by atoms with E-state index >= 15 is 0 Å². The quantitative estimate of drug-likeness (QED) is 0.863. The summed E-state index contributed by atoms with van der Waals surface area (Å²) in [7, 11) is 0. The van der Waals surface area contributed by atoms with E-state index in [2.05, 4.69) is 0 Å². The lowest BCUT2D eigenvalue weighted by Crippen LogP contribution is -2.41. The van der Waals surface area contributed by atoms with Gasteiger partial charge < -0.3 is 14.7 Å². The van der Waals surface area contributed by atoms with E-state index in [1.54, 1.807) is 43.3 Å². The molecular formula is C17H18F3NO2. The maximum Gasteiger partial charge on any atom is 0.416 e. The zero-order chi connectivity index (χ0) is 16.9. The average Bonchev–Trinajstić information content (AvgIpc) is 2.52. The van der Waals surface area contributed by atoms with Gasteiger partial charge in [0.1, 0.15) is 11.5 Å². The fourth-order valence-electron chi connectivity index (χ4n) is 2.10. The molecule has 0 saturated heterocycles. The van der Waals surface area contributed by atoms with Crippen LogP contribution in [0.4, 0.5) is 18.9 Å². The summed E-state index contributed by atoms with van der Waals surface area (Å²) in [5.74, 6) is 1.16. The second kappa shape index (κ2) is 7.37. The normalized spacial score (nSPS) is 12.7. The van der Waals surface area contributed by atoms with Crippen molar-refractivity contribution in [3.63, 3.8) is 0 Å². The molecule has 1 atom stereocenters. The zero-order valence-corrected chi connectivity index (χ0v) is 12.6. The van der Waals surface area contributed by atoms with Gasteiger partial charge >= 0.3 is 6.18 Å². The molecule has 0 aromatic heterocycles. The Kier molecular flexibility index (Phi) is 5.50. The lowest BCUT2D eigenvalue weighted by atomic mass is 10.2. The molecule has 0 bridgehead atoms. The minimum atomic E-state index is -4.63. The Morgan fingerprint density at radius 3 is 2.30 bits per heavy atom. The van der Waals surface area contributed by atoms with Crippen LogP contribution in [-0.4, -0.2) is 30.5 Å². The topological polar surface area (TPSA) is 32.7 Å². The summed E-state index contributed by atoms with van der Waals surface area (Å²) in [6, 6.07) is 15.9. The predicted octanol–water partition coefficient (Wildman–Crippen LogP) is 4.23. The minimum absolute atomic E-state index is 0.335. The van der Waals surface area contributed by atoms with E-state index in [-0.39, 0.29) is 0 Å².